The van der Waals surface area contributed by atoms with Crippen molar-refractivity contribution in [2.24, 2.45) is 7.05 Å². The SMILES string of the molecule is CC(C)NCc1ncnn1Cc1cnn(C)c1. The first kappa shape index (κ1) is 11.8. The minimum Gasteiger partial charge on any atom is -0.308 e. The fourth-order valence-electron chi connectivity index (χ4n) is 1.58. The second kappa shape index (κ2) is 5.09. The molecule has 0 spiro atoms. The Balaban J connectivity index is 2.03. The van der Waals surface area contributed by atoms with Crippen molar-refractivity contribution in [3.8, 4) is 0 Å². The van der Waals surface area contributed by atoms with Gasteiger partial charge in [-0.25, -0.2) is 9.67 Å². The Morgan fingerprint density at radius 1 is 1.35 bits per heavy atom. The van der Waals surface area contributed by atoms with E-state index in [4.69, 9.17) is 0 Å². The van der Waals surface area contributed by atoms with Crippen molar-refractivity contribution in [3.63, 3.8) is 0 Å². The summed E-state index contributed by atoms with van der Waals surface area (Å²) in [5.41, 5.74) is 1.13. The summed E-state index contributed by atoms with van der Waals surface area (Å²) >= 11 is 0. The van der Waals surface area contributed by atoms with E-state index in [2.05, 4.69) is 34.3 Å². The summed E-state index contributed by atoms with van der Waals surface area (Å²) in [6.07, 6.45) is 5.43. The molecule has 2 aromatic heterocycles. The second-order valence-corrected chi connectivity index (χ2v) is 4.39. The van der Waals surface area contributed by atoms with E-state index in [-0.39, 0.29) is 0 Å². The third-order valence-electron chi connectivity index (χ3n) is 2.45. The van der Waals surface area contributed by atoms with Gasteiger partial charge in [-0.15, -0.1) is 0 Å². The van der Waals surface area contributed by atoms with Gasteiger partial charge < -0.3 is 5.32 Å². The van der Waals surface area contributed by atoms with Crippen LogP contribution in [0.4, 0.5) is 0 Å². The third-order valence-corrected chi connectivity index (χ3v) is 2.45. The van der Waals surface area contributed by atoms with Crippen LogP contribution in [-0.2, 0) is 20.1 Å². The van der Waals surface area contributed by atoms with Crippen LogP contribution >= 0.6 is 0 Å². The highest BCUT2D eigenvalue weighted by Crippen LogP contribution is 2.02. The van der Waals surface area contributed by atoms with E-state index in [1.807, 2.05) is 24.1 Å². The molecule has 6 heteroatoms. The molecule has 2 aromatic rings. The van der Waals surface area contributed by atoms with E-state index in [1.54, 1.807) is 11.0 Å². The van der Waals surface area contributed by atoms with Crippen molar-refractivity contribution < 1.29 is 0 Å². The number of hydrogen-bond donors (Lipinski definition) is 1. The molecule has 0 bridgehead atoms. The van der Waals surface area contributed by atoms with E-state index >= 15 is 0 Å². The Morgan fingerprint density at radius 2 is 2.18 bits per heavy atom. The molecule has 2 rings (SSSR count). The number of rotatable bonds is 5. The summed E-state index contributed by atoms with van der Waals surface area (Å²) in [6.45, 7) is 5.67. The van der Waals surface area contributed by atoms with Gasteiger partial charge in [0.1, 0.15) is 12.2 Å². The third kappa shape index (κ3) is 3.13. The highest BCUT2D eigenvalue weighted by Gasteiger charge is 2.06. The first-order valence-electron chi connectivity index (χ1n) is 5.72. The molecule has 92 valence electrons. The molecule has 17 heavy (non-hydrogen) atoms. The van der Waals surface area contributed by atoms with Crippen molar-refractivity contribution >= 4 is 0 Å². The van der Waals surface area contributed by atoms with E-state index in [0.29, 0.717) is 12.6 Å². The Kier molecular flexibility index (Phi) is 3.53. The molecule has 0 atom stereocenters. The maximum absolute atomic E-state index is 4.25. The molecule has 0 amide bonds. The van der Waals surface area contributed by atoms with Crippen LogP contribution in [0.3, 0.4) is 0 Å². The fourth-order valence-corrected chi connectivity index (χ4v) is 1.58. The van der Waals surface area contributed by atoms with Crippen LogP contribution in [0.5, 0.6) is 0 Å². The maximum atomic E-state index is 4.25. The van der Waals surface area contributed by atoms with Gasteiger partial charge in [-0.1, -0.05) is 13.8 Å². The molecule has 2 heterocycles. The molecule has 6 nitrogen and oxygen atoms in total. The van der Waals surface area contributed by atoms with Gasteiger partial charge in [-0.3, -0.25) is 4.68 Å². The minimum atomic E-state index is 0.443. The molecule has 0 saturated carbocycles. The molecular formula is C11H18N6. The standard InChI is InChI=1S/C11H18N6/c1-9(2)12-5-11-13-8-15-17(11)7-10-4-14-16(3)6-10/h4,6,8-9,12H,5,7H2,1-3H3. The predicted molar refractivity (Wildman–Crippen MR) is 64.3 cm³/mol. The average Bonchev–Trinajstić information content (AvgIpc) is 2.86. The summed E-state index contributed by atoms with van der Waals surface area (Å²) in [5, 5.41) is 11.7. The van der Waals surface area contributed by atoms with Gasteiger partial charge in [0.2, 0.25) is 0 Å². The van der Waals surface area contributed by atoms with E-state index in [1.165, 1.54) is 0 Å². The van der Waals surface area contributed by atoms with Crippen LogP contribution in [0, 0.1) is 0 Å². The number of nitrogens with one attached hydrogen (secondary N) is 1. The molecule has 0 saturated heterocycles. The zero-order valence-electron chi connectivity index (χ0n) is 10.5. The number of aromatic nitrogens is 5. The average molecular weight is 234 g/mol. The van der Waals surface area contributed by atoms with Crippen molar-refractivity contribution in [1.82, 2.24) is 29.9 Å². The fraction of sp³-hybridized carbons (Fsp3) is 0.545. The van der Waals surface area contributed by atoms with Crippen LogP contribution in [0.15, 0.2) is 18.7 Å². The summed E-state index contributed by atoms with van der Waals surface area (Å²) < 4.78 is 3.69. The van der Waals surface area contributed by atoms with E-state index in [0.717, 1.165) is 17.9 Å². The molecule has 0 aromatic carbocycles. The summed E-state index contributed by atoms with van der Waals surface area (Å²) in [7, 11) is 1.91. The minimum absolute atomic E-state index is 0.443. The van der Waals surface area contributed by atoms with Crippen LogP contribution in [0.2, 0.25) is 0 Å². The lowest BCUT2D eigenvalue weighted by Gasteiger charge is -2.08. The quantitative estimate of drug-likeness (QED) is 0.821. The molecule has 1 N–H and O–H groups in total. The maximum Gasteiger partial charge on any atom is 0.141 e. The summed E-state index contributed by atoms with van der Waals surface area (Å²) in [5.74, 6) is 0.947. The lowest BCUT2D eigenvalue weighted by Crippen LogP contribution is -2.24. The Morgan fingerprint density at radius 3 is 2.82 bits per heavy atom. The van der Waals surface area contributed by atoms with Gasteiger partial charge in [-0.2, -0.15) is 10.2 Å². The van der Waals surface area contributed by atoms with Crippen molar-refractivity contribution in [1.29, 1.82) is 0 Å². The molecule has 0 aliphatic carbocycles. The lowest BCUT2D eigenvalue weighted by atomic mass is 10.3. The largest absolute Gasteiger partial charge is 0.308 e. The monoisotopic (exact) mass is 234 g/mol. The highest BCUT2D eigenvalue weighted by atomic mass is 15.3. The van der Waals surface area contributed by atoms with Crippen LogP contribution < -0.4 is 5.32 Å². The second-order valence-electron chi connectivity index (χ2n) is 4.39. The topological polar surface area (TPSA) is 60.6 Å². The number of hydrogen-bond acceptors (Lipinski definition) is 4. The Bertz CT molecular complexity index is 470. The predicted octanol–water partition coefficient (Wildman–Crippen LogP) is 0.558. The molecule has 0 radical (unpaired) electrons. The Hall–Kier alpha value is -1.69. The van der Waals surface area contributed by atoms with Crippen LogP contribution in [0.25, 0.3) is 0 Å². The van der Waals surface area contributed by atoms with Crippen LogP contribution in [-0.4, -0.2) is 30.6 Å². The van der Waals surface area contributed by atoms with Gasteiger partial charge in [0, 0.05) is 24.8 Å². The van der Waals surface area contributed by atoms with Crippen molar-refractivity contribution in [3.05, 3.63) is 30.1 Å². The van der Waals surface area contributed by atoms with E-state index < -0.39 is 0 Å². The molecule has 0 fully saturated rings. The van der Waals surface area contributed by atoms with Gasteiger partial charge in [0.05, 0.1) is 19.3 Å². The van der Waals surface area contributed by atoms with Gasteiger partial charge in [-0.05, 0) is 0 Å². The summed E-state index contributed by atoms with van der Waals surface area (Å²) in [6, 6.07) is 0.443. The zero-order chi connectivity index (χ0) is 12.3. The van der Waals surface area contributed by atoms with Gasteiger partial charge in [0.15, 0.2) is 0 Å². The van der Waals surface area contributed by atoms with Crippen LogP contribution in [0.1, 0.15) is 25.2 Å². The van der Waals surface area contributed by atoms with Gasteiger partial charge in [0.25, 0.3) is 0 Å². The smallest absolute Gasteiger partial charge is 0.141 e. The first-order valence-corrected chi connectivity index (χ1v) is 5.72. The summed E-state index contributed by atoms with van der Waals surface area (Å²) in [4.78, 5) is 4.25. The molecular weight excluding hydrogens is 216 g/mol. The Labute approximate surface area is 101 Å². The normalized spacial score (nSPS) is 11.3. The number of aryl methyl sites for hydroxylation is 1. The zero-order valence-corrected chi connectivity index (χ0v) is 10.5. The van der Waals surface area contributed by atoms with Gasteiger partial charge >= 0.3 is 0 Å². The van der Waals surface area contributed by atoms with E-state index in [9.17, 15) is 0 Å². The molecule has 0 unspecified atom stereocenters. The molecule has 0 aliphatic rings. The lowest BCUT2D eigenvalue weighted by molar-refractivity contribution is 0.538. The first-order chi connectivity index (χ1) is 8.15. The molecule has 0 aliphatic heterocycles. The van der Waals surface area contributed by atoms with Crippen molar-refractivity contribution in [2.45, 2.75) is 33.0 Å². The highest BCUT2D eigenvalue weighted by molar-refractivity contribution is 5.04. The number of nitrogens with zero attached hydrogens (tertiary/aromatic N) is 5. The van der Waals surface area contributed by atoms with Crippen molar-refractivity contribution in [2.75, 3.05) is 0 Å².